The number of amides is 2. The molecule has 0 saturated heterocycles. The van der Waals surface area contributed by atoms with Gasteiger partial charge < -0.3 is 10.6 Å². The fraction of sp³-hybridized carbons (Fsp3) is 0.0588. The molecule has 2 amide bonds. The van der Waals surface area contributed by atoms with Crippen molar-refractivity contribution in [2.45, 2.75) is 21.3 Å². The van der Waals surface area contributed by atoms with Gasteiger partial charge in [-0.25, -0.2) is 0 Å². The Hall–Kier alpha value is -4.26. The van der Waals surface area contributed by atoms with Crippen LogP contribution in [0.4, 0.5) is 11.4 Å². The van der Waals surface area contributed by atoms with E-state index in [1.165, 1.54) is 11.1 Å². The van der Waals surface area contributed by atoms with Gasteiger partial charge in [-0.2, -0.15) is 0 Å². The van der Waals surface area contributed by atoms with Crippen LogP contribution in [0.25, 0.3) is 11.1 Å². The Balaban J connectivity index is 1.44. The van der Waals surface area contributed by atoms with Gasteiger partial charge in [0.15, 0.2) is 0 Å². The number of hydrogen-bond acceptors (Lipinski definition) is 4. The number of rotatable bonds is 0. The fourth-order valence-electron chi connectivity index (χ4n) is 4.66. The van der Waals surface area contributed by atoms with E-state index in [2.05, 4.69) is 34.9 Å². The molecule has 7 rings (SSSR count). The highest BCUT2D eigenvalue weighted by molar-refractivity contribution is 7.99. The number of anilines is 2. The van der Waals surface area contributed by atoms with Crippen molar-refractivity contribution in [3.05, 3.63) is 144 Å². The highest BCUT2D eigenvalue weighted by atomic mass is 32.2. The summed E-state index contributed by atoms with van der Waals surface area (Å²) >= 11 is 3.39. The minimum atomic E-state index is -0.223. The van der Waals surface area contributed by atoms with Gasteiger partial charge in [-0.05, 0) is 58.7 Å². The standard InChI is InChI=1S/C34H26N2O2S2/c37-33-27-11-3-1-9-25(27)26-10-2-4-12-28(26)34(38)36-30-14-6-8-16-32(30)40-22-24-19-17-23(18-20-24)21-39-31-15-7-5-13-29(31)35-33/h1-20H,21-22H2,(H,35,37)(H,36,38). The van der Waals surface area contributed by atoms with Crippen molar-refractivity contribution in [2.24, 2.45) is 0 Å². The lowest BCUT2D eigenvalue weighted by Crippen LogP contribution is -2.16. The highest BCUT2D eigenvalue weighted by Crippen LogP contribution is 2.34. The van der Waals surface area contributed by atoms with E-state index in [1.54, 1.807) is 35.7 Å². The van der Waals surface area contributed by atoms with Gasteiger partial charge in [-0.1, -0.05) is 84.9 Å². The average molecular weight is 559 g/mol. The van der Waals surface area contributed by atoms with E-state index < -0.39 is 0 Å². The second kappa shape index (κ2) is 11.9. The Morgan fingerprint density at radius 3 is 1.20 bits per heavy atom. The molecule has 40 heavy (non-hydrogen) atoms. The van der Waals surface area contributed by atoms with Gasteiger partial charge in [0.1, 0.15) is 0 Å². The van der Waals surface area contributed by atoms with Gasteiger partial charge in [0.25, 0.3) is 11.8 Å². The lowest BCUT2D eigenvalue weighted by Gasteiger charge is -2.16. The highest BCUT2D eigenvalue weighted by Gasteiger charge is 2.20. The predicted molar refractivity (Wildman–Crippen MR) is 166 cm³/mol. The molecule has 5 aromatic rings. The molecule has 2 heterocycles. The second-order valence-corrected chi connectivity index (χ2v) is 11.4. The average Bonchev–Trinajstić information content (AvgIpc) is 3.00. The third-order valence-electron chi connectivity index (χ3n) is 6.72. The van der Waals surface area contributed by atoms with Crippen LogP contribution in [-0.4, -0.2) is 11.8 Å². The minimum Gasteiger partial charge on any atom is -0.321 e. The molecule has 0 spiro atoms. The molecular weight excluding hydrogens is 533 g/mol. The topological polar surface area (TPSA) is 58.2 Å². The second-order valence-electron chi connectivity index (χ2n) is 9.39. The summed E-state index contributed by atoms with van der Waals surface area (Å²) in [6.45, 7) is 0. The van der Waals surface area contributed by atoms with Crippen molar-refractivity contribution >= 4 is 46.7 Å². The van der Waals surface area contributed by atoms with Crippen LogP contribution in [0.1, 0.15) is 31.8 Å². The molecule has 0 saturated carbocycles. The lowest BCUT2D eigenvalue weighted by molar-refractivity contribution is 0.101. The summed E-state index contributed by atoms with van der Waals surface area (Å²) in [5.41, 5.74) is 6.36. The minimum absolute atomic E-state index is 0.223. The van der Waals surface area contributed by atoms with Gasteiger partial charge in [-0.3, -0.25) is 9.59 Å². The van der Waals surface area contributed by atoms with Crippen molar-refractivity contribution in [3.8, 4) is 11.1 Å². The van der Waals surface area contributed by atoms with Crippen LogP contribution in [0.15, 0.2) is 131 Å². The first-order valence-corrected chi connectivity index (χ1v) is 15.0. The summed E-state index contributed by atoms with van der Waals surface area (Å²) in [4.78, 5) is 29.3. The van der Waals surface area contributed by atoms with Crippen molar-refractivity contribution in [2.75, 3.05) is 10.6 Å². The molecule has 0 radical (unpaired) electrons. The number of hydrogen-bond donors (Lipinski definition) is 2. The molecule has 2 aliphatic rings. The van der Waals surface area contributed by atoms with Crippen molar-refractivity contribution < 1.29 is 9.59 Å². The molecule has 196 valence electrons. The lowest BCUT2D eigenvalue weighted by atomic mass is 9.94. The first-order chi connectivity index (χ1) is 19.7. The monoisotopic (exact) mass is 558 g/mol. The zero-order valence-corrected chi connectivity index (χ0v) is 23.2. The Labute approximate surface area is 242 Å². The molecular formula is C34H26N2O2S2. The largest absolute Gasteiger partial charge is 0.321 e. The van der Waals surface area contributed by atoms with Crippen LogP contribution in [-0.2, 0) is 11.5 Å². The number of carbonyl (C=O) groups excluding carboxylic acids is 2. The summed E-state index contributed by atoms with van der Waals surface area (Å²) in [7, 11) is 0. The third-order valence-corrected chi connectivity index (χ3v) is 9.01. The summed E-state index contributed by atoms with van der Waals surface area (Å²) < 4.78 is 0. The van der Waals surface area contributed by atoms with E-state index >= 15 is 0 Å². The number of nitrogens with one attached hydrogen (secondary N) is 2. The normalized spacial score (nSPS) is 13.6. The number of thioether (sulfide) groups is 2. The van der Waals surface area contributed by atoms with Crippen LogP contribution in [0.5, 0.6) is 0 Å². The quantitative estimate of drug-likeness (QED) is 0.199. The summed E-state index contributed by atoms with van der Waals surface area (Å²) in [5, 5.41) is 6.25. The van der Waals surface area contributed by atoms with E-state index in [9.17, 15) is 9.59 Å². The molecule has 2 N–H and O–H groups in total. The van der Waals surface area contributed by atoms with Crippen LogP contribution >= 0.6 is 23.5 Å². The van der Waals surface area contributed by atoms with E-state index in [0.29, 0.717) is 22.3 Å². The van der Waals surface area contributed by atoms with E-state index in [4.69, 9.17) is 0 Å². The van der Waals surface area contributed by atoms with Crippen LogP contribution in [0.2, 0.25) is 0 Å². The maximum Gasteiger partial charge on any atom is 0.256 e. The molecule has 4 nitrogen and oxygen atoms in total. The van der Waals surface area contributed by atoms with E-state index in [1.807, 2.05) is 84.9 Å². The molecule has 2 aliphatic heterocycles. The predicted octanol–water partition coefficient (Wildman–Crippen LogP) is 8.76. The Morgan fingerprint density at radius 2 is 0.775 bits per heavy atom. The number of para-hydroxylation sites is 2. The summed E-state index contributed by atoms with van der Waals surface area (Å²) in [6.07, 6.45) is 0. The van der Waals surface area contributed by atoms with Gasteiger partial charge in [0.05, 0.1) is 11.4 Å². The SMILES string of the molecule is O=C1Nc2ccccc2SCc2ccc(cc2)CSc2ccccc2NC(=O)c2ccccc2-c2ccccc21. The maximum atomic E-state index is 13.7. The summed E-state index contributed by atoms with van der Waals surface area (Å²) in [6, 6.07) is 39.2. The van der Waals surface area contributed by atoms with Gasteiger partial charge in [0, 0.05) is 32.4 Å². The van der Waals surface area contributed by atoms with E-state index in [-0.39, 0.29) is 11.8 Å². The molecule has 5 aromatic carbocycles. The Kier molecular flexibility index (Phi) is 7.71. The van der Waals surface area contributed by atoms with Gasteiger partial charge >= 0.3 is 0 Å². The molecule has 0 atom stereocenters. The molecule has 0 fully saturated rings. The molecule has 0 unspecified atom stereocenters. The van der Waals surface area contributed by atoms with Crippen LogP contribution in [0.3, 0.4) is 0 Å². The zero-order valence-electron chi connectivity index (χ0n) is 21.6. The Bertz CT molecular complexity index is 1570. The van der Waals surface area contributed by atoms with Crippen molar-refractivity contribution in [1.82, 2.24) is 0 Å². The molecule has 0 aromatic heterocycles. The zero-order chi connectivity index (χ0) is 27.3. The third kappa shape index (κ3) is 5.69. The Morgan fingerprint density at radius 1 is 0.425 bits per heavy atom. The number of benzene rings is 5. The molecule has 0 aliphatic carbocycles. The summed E-state index contributed by atoms with van der Waals surface area (Å²) in [5.74, 6) is 1.14. The van der Waals surface area contributed by atoms with Crippen molar-refractivity contribution in [3.63, 3.8) is 0 Å². The van der Waals surface area contributed by atoms with Crippen LogP contribution in [0, 0.1) is 0 Å². The fourth-order valence-corrected chi connectivity index (χ4v) is 6.58. The van der Waals surface area contributed by atoms with Gasteiger partial charge in [-0.15, -0.1) is 23.5 Å². The smallest absolute Gasteiger partial charge is 0.256 e. The number of fused-ring (bicyclic) bond motifs is 6. The first-order valence-electron chi connectivity index (χ1n) is 13.0. The molecule has 2 bridgehead atoms. The van der Waals surface area contributed by atoms with Gasteiger partial charge in [0.2, 0.25) is 0 Å². The van der Waals surface area contributed by atoms with Crippen LogP contribution < -0.4 is 10.6 Å². The first kappa shape index (κ1) is 26.0. The van der Waals surface area contributed by atoms with E-state index in [0.717, 1.165) is 32.7 Å². The molecule has 6 heteroatoms. The van der Waals surface area contributed by atoms with Crippen molar-refractivity contribution in [1.29, 1.82) is 0 Å². The maximum absolute atomic E-state index is 13.7. The number of carbonyl (C=O) groups is 2.